The Bertz CT molecular complexity index is 1950. The lowest BCUT2D eigenvalue weighted by Gasteiger charge is -2.23. The first-order valence-corrected chi connectivity index (χ1v) is 15.2. The molecule has 1 aromatic heterocycles. The van der Waals surface area contributed by atoms with Crippen molar-refractivity contribution in [3.8, 4) is 5.69 Å². The number of nitrogens with one attached hydrogen (secondary N) is 1. The van der Waals surface area contributed by atoms with Crippen LogP contribution in [0.25, 0.3) is 27.2 Å². The van der Waals surface area contributed by atoms with Crippen molar-refractivity contribution in [2.45, 2.75) is 38.8 Å². The summed E-state index contributed by atoms with van der Waals surface area (Å²) in [6, 6.07) is 38.0. The molecule has 1 aliphatic carbocycles. The molecule has 214 valence electrons. The maximum atomic E-state index is 13.8. The van der Waals surface area contributed by atoms with Crippen LogP contribution >= 0.6 is 0 Å². The Balaban J connectivity index is 1.25. The molecule has 5 aromatic carbocycles. The topological polar surface area (TPSA) is 72.9 Å². The van der Waals surface area contributed by atoms with Crippen LogP contribution in [0.1, 0.15) is 57.3 Å². The molecule has 1 saturated carbocycles. The van der Waals surface area contributed by atoms with Crippen LogP contribution in [0.2, 0.25) is 0 Å². The van der Waals surface area contributed by atoms with E-state index in [2.05, 4.69) is 89.3 Å². The van der Waals surface area contributed by atoms with Crippen molar-refractivity contribution in [1.29, 1.82) is 0 Å². The molecule has 0 amide bonds. The highest BCUT2D eigenvalue weighted by molar-refractivity contribution is 6.09. The number of hydrogen-bond acceptors (Lipinski definition) is 4. The fraction of sp³-hybridized carbons (Fsp3) is 0.211. The molecule has 1 atom stereocenters. The lowest BCUT2D eigenvalue weighted by Crippen LogP contribution is -2.25. The summed E-state index contributed by atoms with van der Waals surface area (Å²) in [7, 11) is 0. The first kappa shape index (κ1) is 27.3. The fourth-order valence-corrected chi connectivity index (χ4v) is 6.20. The second kappa shape index (κ2) is 11.6. The van der Waals surface area contributed by atoms with Crippen molar-refractivity contribution < 1.29 is 4.79 Å². The average Bonchev–Trinajstić information content (AvgIpc) is 3.79. The molecule has 5 heteroatoms. The van der Waals surface area contributed by atoms with E-state index in [-0.39, 0.29) is 11.8 Å². The number of carbonyl (C=O) groups excluding carboxylic acids is 1. The third-order valence-electron chi connectivity index (χ3n) is 8.58. The Morgan fingerprint density at radius 3 is 2.42 bits per heavy atom. The molecule has 43 heavy (non-hydrogen) atoms. The highest BCUT2D eigenvalue weighted by Gasteiger charge is 2.25. The Kier molecular flexibility index (Phi) is 7.35. The molecular formula is C38H36N4O. The van der Waals surface area contributed by atoms with Gasteiger partial charge in [-0.25, -0.2) is 4.68 Å². The van der Waals surface area contributed by atoms with Crippen LogP contribution in [0.5, 0.6) is 0 Å². The van der Waals surface area contributed by atoms with Crippen LogP contribution < -0.4 is 11.1 Å². The minimum Gasteiger partial charge on any atom is -0.326 e. The summed E-state index contributed by atoms with van der Waals surface area (Å²) in [6.45, 7) is 3.34. The number of ketones is 1. The summed E-state index contributed by atoms with van der Waals surface area (Å²) >= 11 is 0. The molecule has 1 heterocycles. The Morgan fingerprint density at radius 1 is 0.860 bits per heavy atom. The maximum absolute atomic E-state index is 13.8. The molecule has 1 fully saturated rings. The van der Waals surface area contributed by atoms with Gasteiger partial charge in [-0.05, 0) is 100 Å². The second-order valence-corrected chi connectivity index (χ2v) is 11.8. The van der Waals surface area contributed by atoms with Gasteiger partial charge in [-0.15, -0.1) is 0 Å². The van der Waals surface area contributed by atoms with E-state index < -0.39 is 0 Å². The van der Waals surface area contributed by atoms with Gasteiger partial charge in [-0.3, -0.25) is 4.79 Å². The summed E-state index contributed by atoms with van der Waals surface area (Å²) in [5.74, 6) is 0.773. The number of carbonyl (C=O) groups is 1. The zero-order valence-electron chi connectivity index (χ0n) is 24.5. The second-order valence-electron chi connectivity index (χ2n) is 11.8. The summed E-state index contributed by atoms with van der Waals surface area (Å²) in [5, 5.41) is 13.6. The molecular weight excluding hydrogens is 528 g/mol. The van der Waals surface area contributed by atoms with Crippen LogP contribution in [0.3, 0.4) is 0 Å². The number of aromatic nitrogens is 2. The summed E-state index contributed by atoms with van der Waals surface area (Å²) < 4.78 is 1.75. The van der Waals surface area contributed by atoms with Crippen molar-refractivity contribution >= 4 is 27.3 Å². The number of hydrogen-bond donors (Lipinski definition) is 2. The van der Waals surface area contributed by atoms with E-state index in [1.54, 1.807) is 4.68 Å². The summed E-state index contributed by atoms with van der Waals surface area (Å²) in [5.41, 5.74) is 12.6. The van der Waals surface area contributed by atoms with Gasteiger partial charge in [0.2, 0.25) is 0 Å². The normalized spacial score (nSPS) is 13.9. The van der Waals surface area contributed by atoms with E-state index in [1.165, 1.54) is 45.5 Å². The minimum absolute atomic E-state index is 0.0110. The predicted octanol–water partition coefficient (Wildman–Crippen LogP) is 7.46. The third-order valence-corrected chi connectivity index (χ3v) is 8.58. The largest absolute Gasteiger partial charge is 0.326 e. The first-order valence-electron chi connectivity index (χ1n) is 15.2. The van der Waals surface area contributed by atoms with Gasteiger partial charge in [-0.1, -0.05) is 84.9 Å². The lowest BCUT2D eigenvalue weighted by molar-refractivity contribution is 0.0985. The van der Waals surface area contributed by atoms with E-state index in [0.717, 1.165) is 35.0 Å². The zero-order chi connectivity index (χ0) is 29.3. The van der Waals surface area contributed by atoms with Gasteiger partial charge < -0.3 is 11.1 Å². The number of rotatable bonds is 10. The van der Waals surface area contributed by atoms with Gasteiger partial charge in [0.05, 0.1) is 17.4 Å². The van der Waals surface area contributed by atoms with Gasteiger partial charge in [0, 0.05) is 13.0 Å². The Hall–Kier alpha value is -4.58. The van der Waals surface area contributed by atoms with Crippen LogP contribution in [-0.4, -0.2) is 22.1 Å². The maximum Gasteiger partial charge on any atom is 0.185 e. The number of Topliss-reactive ketones (excluding diaryl/α,β-unsaturated/α-hetero) is 1. The quantitative estimate of drug-likeness (QED) is 0.134. The lowest BCUT2D eigenvalue weighted by atomic mass is 9.89. The van der Waals surface area contributed by atoms with Gasteiger partial charge in [0.25, 0.3) is 0 Å². The van der Waals surface area contributed by atoms with Gasteiger partial charge in [0.1, 0.15) is 5.69 Å². The summed E-state index contributed by atoms with van der Waals surface area (Å²) in [6.07, 6.45) is 2.87. The van der Waals surface area contributed by atoms with Crippen LogP contribution in [0.4, 0.5) is 0 Å². The standard InChI is InChI=1S/C38H36N4O/c1-25-18-36(42(41-25)31-12-7-9-28(20-31)23-39)37(43)21-27-8-6-11-30(19-27)38(40-24-26-16-17-26)35-22-29-10-2-3-13-32(29)33-14-4-5-15-34(33)35/h2-15,18-20,22,26,38,40H,16-17,21,23-24,39H2,1H3. The van der Waals surface area contributed by atoms with E-state index in [0.29, 0.717) is 18.7 Å². The predicted molar refractivity (Wildman–Crippen MR) is 175 cm³/mol. The number of fused-ring (bicyclic) bond motifs is 3. The number of aryl methyl sites for hydroxylation is 1. The molecule has 0 spiro atoms. The van der Waals surface area contributed by atoms with Crippen LogP contribution in [-0.2, 0) is 13.0 Å². The van der Waals surface area contributed by atoms with E-state index in [1.807, 2.05) is 37.3 Å². The number of nitrogens with two attached hydrogens (primary N) is 1. The van der Waals surface area contributed by atoms with Gasteiger partial charge in [-0.2, -0.15) is 5.10 Å². The van der Waals surface area contributed by atoms with Gasteiger partial charge >= 0.3 is 0 Å². The van der Waals surface area contributed by atoms with E-state index in [4.69, 9.17) is 5.73 Å². The van der Waals surface area contributed by atoms with Crippen molar-refractivity contribution in [2.75, 3.05) is 6.54 Å². The Labute approximate surface area is 252 Å². The smallest absolute Gasteiger partial charge is 0.185 e. The molecule has 5 nitrogen and oxygen atoms in total. The van der Waals surface area contributed by atoms with Crippen LogP contribution in [0, 0.1) is 12.8 Å². The number of nitrogens with zero attached hydrogens (tertiary/aromatic N) is 2. The molecule has 1 unspecified atom stereocenters. The van der Waals surface area contributed by atoms with Gasteiger partial charge in [0.15, 0.2) is 5.78 Å². The van der Waals surface area contributed by atoms with E-state index in [9.17, 15) is 4.79 Å². The molecule has 7 rings (SSSR count). The molecule has 6 aromatic rings. The fourth-order valence-electron chi connectivity index (χ4n) is 6.20. The zero-order valence-corrected chi connectivity index (χ0v) is 24.5. The third kappa shape index (κ3) is 5.62. The van der Waals surface area contributed by atoms with Crippen molar-refractivity contribution in [3.05, 3.63) is 143 Å². The molecule has 0 radical (unpaired) electrons. The average molecular weight is 565 g/mol. The van der Waals surface area contributed by atoms with Crippen molar-refractivity contribution in [3.63, 3.8) is 0 Å². The molecule has 0 saturated heterocycles. The monoisotopic (exact) mass is 564 g/mol. The first-order chi connectivity index (χ1) is 21.1. The highest BCUT2D eigenvalue weighted by Crippen LogP contribution is 2.36. The van der Waals surface area contributed by atoms with E-state index >= 15 is 0 Å². The molecule has 1 aliphatic rings. The molecule has 3 N–H and O–H groups in total. The highest BCUT2D eigenvalue weighted by atomic mass is 16.1. The minimum atomic E-state index is 0.0110. The summed E-state index contributed by atoms with van der Waals surface area (Å²) in [4.78, 5) is 13.8. The van der Waals surface area contributed by atoms with Crippen LogP contribution in [0.15, 0.2) is 109 Å². The van der Waals surface area contributed by atoms with Crippen molar-refractivity contribution in [1.82, 2.24) is 15.1 Å². The van der Waals surface area contributed by atoms with Crippen molar-refractivity contribution in [2.24, 2.45) is 11.7 Å². The molecule has 0 aliphatic heterocycles. The Morgan fingerprint density at radius 2 is 1.60 bits per heavy atom. The number of benzene rings is 5. The SMILES string of the molecule is Cc1cc(C(=O)Cc2cccc(C(NCC3CC3)c3cc4ccccc4c4ccccc34)c2)n(-c2cccc(CN)c2)n1. The molecule has 0 bridgehead atoms.